The summed E-state index contributed by atoms with van der Waals surface area (Å²) in [4.78, 5) is 12.8. The Kier molecular flexibility index (Phi) is 4.40. The third kappa shape index (κ3) is 3.32. The zero-order valence-corrected chi connectivity index (χ0v) is 14.9. The Morgan fingerprint density at radius 1 is 1.38 bits per heavy atom. The van der Waals surface area contributed by atoms with Gasteiger partial charge in [0, 0.05) is 29.1 Å². The van der Waals surface area contributed by atoms with E-state index in [0.29, 0.717) is 16.7 Å². The van der Waals surface area contributed by atoms with E-state index in [1.165, 1.54) is 12.1 Å². The van der Waals surface area contributed by atoms with E-state index >= 15 is 0 Å². The number of benzene rings is 1. The molecule has 0 amide bonds. The molecule has 1 aliphatic carbocycles. The van der Waals surface area contributed by atoms with Crippen molar-refractivity contribution < 1.29 is 17.7 Å². The first kappa shape index (κ1) is 17.0. The van der Waals surface area contributed by atoms with E-state index in [1.54, 1.807) is 19.1 Å². The minimum Gasteiger partial charge on any atom is -0.360 e. The monoisotopic (exact) mass is 368 g/mol. The van der Waals surface area contributed by atoms with Crippen LogP contribution < -0.4 is 4.31 Å². The minimum absolute atomic E-state index is 0.171. The molecule has 1 aliphatic rings. The maximum Gasteiger partial charge on any atom is 0.232 e. The molecule has 0 aliphatic heterocycles. The Hall–Kier alpha value is -1.86. The molecule has 1 saturated carbocycles. The number of carbonyl (C=O) groups is 1. The third-order valence-electron chi connectivity index (χ3n) is 3.90. The van der Waals surface area contributed by atoms with Gasteiger partial charge >= 0.3 is 0 Å². The molecule has 0 bridgehead atoms. The van der Waals surface area contributed by atoms with Gasteiger partial charge in [-0.25, -0.2) is 8.42 Å². The normalized spacial score (nSPS) is 14.6. The maximum absolute atomic E-state index is 12.8. The second kappa shape index (κ2) is 6.22. The van der Waals surface area contributed by atoms with Gasteiger partial charge in [-0.2, -0.15) is 0 Å². The quantitative estimate of drug-likeness (QED) is 0.731. The van der Waals surface area contributed by atoms with Gasteiger partial charge in [0.25, 0.3) is 0 Å². The highest BCUT2D eigenvalue weighted by molar-refractivity contribution is 7.92. The number of anilines is 1. The van der Waals surface area contributed by atoms with E-state index in [1.807, 2.05) is 0 Å². The molecule has 24 heavy (non-hydrogen) atoms. The van der Waals surface area contributed by atoms with Crippen LogP contribution in [0.25, 0.3) is 0 Å². The van der Waals surface area contributed by atoms with Gasteiger partial charge in [-0.1, -0.05) is 16.8 Å². The highest BCUT2D eigenvalue weighted by Crippen LogP contribution is 2.40. The molecule has 0 spiro atoms. The number of halogens is 1. The van der Waals surface area contributed by atoms with Crippen LogP contribution in [0.4, 0.5) is 5.69 Å². The summed E-state index contributed by atoms with van der Waals surface area (Å²) in [5.41, 5.74) is 0.640. The molecule has 1 aromatic heterocycles. The fourth-order valence-electron chi connectivity index (χ4n) is 2.58. The average Bonchev–Trinajstić information content (AvgIpc) is 3.23. The van der Waals surface area contributed by atoms with E-state index < -0.39 is 10.0 Å². The van der Waals surface area contributed by atoms with Gasteiger partial charge in [0.05, 0.1) is 11.9 Å². The Labute approximate surface area is 145 Å². The van der Waals surface area contributed by atoms with Gasteiger partial charge in [-0.15, -0.1) is 0 Å². The number of ketones is 1. The Morgan fingerprint density at radius 3 is 2.67 bits per heavy atom. The summed E-state index contributed by atoms with van der Waals surface area (Å²) in [5.74, 6) is 0.649. The SMILES string of the molecule is CCN(c1cc(Cl)ccc1C(=O)c1cc(C2CC2)on1)S(C)(=O)=O. The lowest BCUT2D eigenvalue weighted by Gasteiger charge is -2.23. The van der Waals surface area contributed by atoms with Crippen molar-refractivity contribution in [3.63, 3.8) is 0 Å². The first-order valence-corrected chi connectivity index (χ1v) is 9.82. The number of rotatable bonds is 6. The van der Waals surface area contributed by atoms with Crippen molar-refractivity contribution >= 4 is 33.1 Å². The van der Waals surface area contributed by atoms with Gasteiger partial charge in [0.2, 0.25) is 15.8 Å². The van der Waals surface area contributed by atoms with Crippen LogP contribution in [0, 0.1) is 0 Å². The molecule has 0 saturated heterocycles. The third-order valence-corrected chi connectivity index (χ3v) is 5.39. The average molecular weight is 369 g/mol. The summed E-state index contributed by atoms with van der Waals surface area (Å²) in [5, 5.41) is 4.19. The van der Waals surface area contributed by atoms with Crippen molar-refractivity contribution in [1.29, 1.82) is 0 Å². The van der Waals surface area contributed by atoms with Crippen LogP contribution in [0.3, 0.4) is 0 Å². The molecule has 0 atom stereocenters. The lowest BCUT2D eigenvalue weighted by molar-refractivity contribution is 0.103. The van der Waals surface area contributed by atoms with E-state index in [9.17, 15) is 13.2 Å². The van der Waals surface area contributed by atoms with Crippen molar-refractivity contribution in [3.8, 4) is 0 Å². The molecular weight excluding hydrogens is 352 g/mol. The number of nitrogens with zero attached hydrogens (tertiary/aromatic N) is 2. The number of sulfonamides is 1. The Bertz CT molecular complexity index is 887. The summed E-state index contributed by atoms with van der Waals surface area (Å²) in [6.07, 6.45) is 3.16. The van der Waals surface area contributed by atoms with Gasteiger partial charge < -0.3 is 4.52 Å². The standard InChI is InChI=1S/C16H17ClN2O4S/c1-3-19(24(2,21)22)14-8-11(17)6-7-12(14)16(20)13-9-15(23-18-13)10-4-5-10/h6-10H,3-5H2,1-2H3. The van der Waals surface area contributed by atoms with Crippen molar-refractivity contribution in [2.45, 2.75) is 25.7 Å². The summed E-state index contributed by atoms with van der Waals surface area (Å²) in [6, 6.07) is 6.17. The molecule has 1 heterocycles. The molecule has 128 valence electrons. The molecule has 1 aromatic carbocycles. The van der Waals surface area contributed by atoms with Crippen LogP contribution in [-0.2, 0) is 10.0 Å². The van der Waals surface area contributed by atoms with Gasteiger partial charge in [-0.05, 0) is 38.0 Å². The van der Waals surface area contributed by atoms with E-state index in [-0.39, 0.29) is 29.3 Å². The molecule has 2 aromatic rings. The van der Waals surface area contributed by atoms with Gasteiger partial charge in [0.15, 0.2) is 5.69 Å². The predicted molar refractivity (Wildman–Crippen MR) is 91.2 cm³/mol. The number of carbonyl (C=O) groups excluding carboxylic acids is 1. The molecule has 0 radical (unpaired) electrons. The van der Waals surface area contributed by atoms with E-state index in [4.69, 9.17) is 16.1 Å². The van der Waals surface area contributed by atoms with Crippen LogP contribution in [0.2, 0.25) is 5.02 Å². The Morgan fingerprint density at radius 2 is 2.08 bits per heavy atom. The number of hydrogen-bond acceptors (Lipinski definition) is 5. The topological polar surface area (TPSA) is 80.5 Å². The van der Waals surface area contributed by atoms with E-state index in [2.05, 4.69) is 5.16 Å². The van der Waals surface area contributed by atoms with Crippen LogP contribution in [0.5, 0.6) is 0 Å². The minimum atomic E-state index is -3.54. The lowest BCUT2D eigenvalue weighted by atomic mass is 10.1. The summed E-state index contributed by atoms with van der Waals surface area (Å²) < 4.78 is 30.4. The molecule has 8 heteroatoms. The molecular formula is C16H17ClN2O4S. The summed E-state index contributed by atoms with van der Waals surface area (Å²) in [6.45, 7) is 1.88. The van der Waals surface area contributed by atoms with E-state index in [0.717, 1.165) is 23.4 Å². The first-order valence-electron chi connectivity index (χ1n) is 7.60. The maximum atomic E-state index is 12.8. The highest BCUT2D eigenvalue weighted by Gasteiger charge is 2.30. The Balaban J connectivity index is 2.04. The largest absolute Gasteiger partial charge is 0.360 e. The second-order valence-electron chi connectivity index (χ2n) is 5.81. The fraction of sp³-hybridized carbons (Fsp3) is 0.375. The lowest BCUT2D eigenvalue weighted by Crippen LogP contribution is -2.31. The van der Waals surface area contributed by atoms with Crippen molar-refractivity contribution in [2.24, 2.45) is 0 Å². The summed E-state index contributed by atoms with van der Waals surface area (Å²) in [7, 11) is -3.54. The smallest absolute Gasteiger partial charge is 0.232 e. The van der Waals surface area contributed by atoms with Crippen molar-refractivity contribution in [2.75, 3.05) is 17.1 Å². The van der Waals surface area contributed by atoms with Crippen LogP contribution >= 0.6 is 11.6 Å². The van der Waals surface area contributed by atoms with Crippen LogP contribution in [0.1, 0.15) is 47.5 Å². The molecule has 6 nitrogen and oxygen atoms in total. The van der Waals surface area contributed by atoms with Gasteiger partial charge in [0.1, 0.15) is 5.76 Å². The number of hydrogen-bond donors (Lipinski definition) is 0. The first-order chi connectivity index (χ1) is 11.3. The predicted octanol–water partition coefficient (Wildman–Crippen LogP) is 3.22. The molecule has 3 rings (SSSR count). The van der Waals surface area contributed by atoms with Crippen LogP contribution in [0.15, 0.2) is 28.8 Å². The van der Waals surface area contributed by atoms with Crippen LogP contribution in [-0.4, -0.2) is 32.2 Å². The zero-order chi connectivity index (χ0) is 17.5. The summed E-state index contributed by atoms with van der Waals surface area (Å²) >= 11 is 6.01. The highest BCUT2D eigenvalue weighted by atomic mass is 35.5. The van der Waals surface area contributed by atoms with Crippen molar-refractivity contribution in [3.05, 3.63) is 46.3 Å². The fourth-order valence-corrected chi connectivity index (χ4v) is 3.72. The zero-order valence-electron chi connectivity index (χ0n) is 13.3. The number of aromatic nitrogens is 1. The molecule has 1 fully saturated rings. The van der Waals surface area contributed by atoms with Gasteiger partial charge in [-0.3, -0.25) is 9.10 Å². The molecule has 0 unspecified atom stereocenters. The molecule has 0 N–H and O–H groups in total. The van der Waals surface area contributed by atoms with Crippen molar-refractivity contribution in [1.82, 2.24) is 5.16 Å². The second-order valence-corrected chi connectivity index (χ2v) is 8.15.